The summed E-state index contributed by atoms with van der Waals surface area (Å²) in [7, 11) is 1.46. The lowest BCUT2D eigenvalue weighted by Crippen LogP contribution is -2.25. The van der Waals surface area contributed by atoms with Gasteiger partial charge >= 0.3 is 0 Å². The van der Waals surface area contributed by atoms with Gasteiger partial charge in [0.25, 0.3) is 10.2 Å². The van der Waals surface area contributed by atoms with Crippen molar-refractivity contribution in [2.24, 2.45) is 0 Å². The van der Waals surface area contributed by atoms with Gasteiger partial charge in [-0.15, -0.1) is 20.2 Å². The fourth-order valence-electron chi connectivity index (χ4n) is 1.05. The predicted octanol–water partition coefficient (Wildman–Crippen LogP) is -0.312. The highest BCUT2D eigenvalue weighted by molar-refractivity contribution is 5.75. The number of hydrogen-bond acceptors (Lipinski definition) is 7. The molecule has 0 aromatic rings. The lowest BCUT2D eigenvalue weighted by Gasteiger charge is -2.12. The standard InChI is InChI=1S/C7H13N3O7/c1-8-7(11)4-2-3-6(17-10(14)15)5-16-9(12)13/h6H,2-5H2,1H3,(H,8,11). The van der Waals surface area contributed by atoms with E-state index in [1.807, 2.05) is 0 Å². The second kappa shape index (κ2) is 8.07. The summed E-state index contributed by atoms with van der Waals surface area (Å²) in [5.41, 5.74) is 0. The molecule has 0 aliphatic heterocycles. The average Bonchev–Trinajstić information content (AvgIpc) is 2.24. The van der Waals surface area contributed by atoms with Crippen LogP contribution in [0.1, 0.15) is 19.3 Å². The molecular weight excluding hydrogens is 238 g/mol. The minimum atomic E-state index is -1.06. The van der Waals surface area contributed by atoms with E-state index in [4.69, 9.17) is 0 Å². The molecule has 98 valence electrons. The third-order valence-corrected chi connectivity index (χ3v) is 1.81. The second-order valence-corrected chi connectivity index (χ2v) is 3.04. The summed E-state index contributed by atoms with van der Waals surface area (Å²) in [6.07, 6.45) is -0.478. The molecule has 1 amide bonds. The van der Waals surface area contributed by atoms with Gasteiger partial charge in [0.05, 0.1) is 0 Å². The van der Waals surface area contributed by atoms with Crippen LogP contribution in [0.2, 0.25) is 0 Å². The van der Waals surface area contributed by atoms with Crippen LogP contribution in [0.15, 0.2) is 0 Å². The van der Waals surface area contributed by atoms with Gasteiger partial charge in [-0.05, 0) is 12.8 Å². The highest BCUT2D eigenvalue weighted by Gasteiger charge is 2.15. The third-order valence-electron chi connectivity index (χ3n) is 1.81. The van der Waals surface area contributed by atoms with E-state index in [0.29, 0.717) is 6.42 Å². The summed E-state index contributed by atoms with van der Waals surface area (Å²) in [5, 5.41) is 20.3. The minimum Gasteiger partial charge on any atom is -0.359 e. The van der Waals surface area contributed by atoms with E-state index in [1.54, 1.807) is 0 Å². The number of amides is 1. The van der Waals surface area contributed by atoms with Crippen LogP contribution >= 0.6 is 0 Å². The summed E-state index contributed by atoms with van der Waals surface area (Å²) in [6.45, 7) is -0.540. The zero-order chi connectivity index (χ0) is 13.3. The maximum absolute atomic E-state index is 10.9. The van der Waals surface area contributed by atoms with Crippen LogP contribution in [0.3, 0.4) is 0 Å². The Bertz CT molecular complexity index is 283. The van der Waals surface area contributed by atoms with Gasteiger partial charge in [0.2, 0.25) is 5.91 Å². The molecule has 0 heterocycles. The molecule has 0 radical (unpaired) electrons. The van der Waals surface area contributed by atoms with E-state index in [2.05, 4.69) is 15.0 Å². The van der Waals surface area contributed by atoms with Crippen molar-refractivity contribution in [3.05, 3.63) is 20.2 Å². The third kappa shape index (κ3) is 8.84. The summed E-state index contributed by atoms with van der Waals surface area (Å²) < 4.78 is 0. The Balaban J connectivity index is 3.96. The molecule has 0 saturated carbocycles. The molecule has 10 nitrogen and oxygen atoms in total. The highest BCUT2D eigenvalue weighted by atomic mass is 17.0. The van der Waals surface area contributed by atoms with E-state index >= 15 is 0 Å². The van der Waals surface area contributed by atoms with Crippen molar-refractivity contribution < 1.29 is 24.6 Å². The molecule has 0 aliphatic rings. The van der Waals surface area contributed by atoms with Crippen LogP contribution in [0, 0.1) is 20.2 Å². The van der Waals surface area contributed by atoms with Crippen LogP contribution in [-0.2, 0) is 14.5 Å². The fourth-order valence-corrected chi connectivity index (χ4v) is 1.05. The largest absolute Gasteiger partial charge is 0.359 e. The Labute approximate surface area is 96.1 Å². The molecule has 0 spiro atoms. The molecule has 0 saturated heterocycles. The number of hydrogen-bond donors (Lipinski definition) is 1. The first-order chi connectivity index (χ1) is 7.95. The van der Waals surface area contributed by atoms with E-state index in [0.717, 1.165) is 0 Å². The second-order valence-electron chi connectivity index (χ2n) is 3.04. The van der Waals surface area contributed by atoms with Crippen molar-refractivity contribution >= 4 is 5.91 Å². The quantitative estimate of drug-likeness (QED) is 0.438. The van der Waals surface area contributed by atoms with Crippen LogP contribution in [-0.4, -0.2) is 35.8 Å². The molecule has 1 N–H and O–H groups in total. The van der Waals surface area contributed by atoms with Crippen molar-refractivity contribution in [2.45, 2.75) is 25.4 Å². The first-order valence-electron chi connectivity index (χ1n) is 4.74. The van der Waals surface area contributed by atoms with Gasteiger partial charge in [-0.1, -0.05) is 0 Å². The van der Waals surface area contributed by atoms with Crippen LogP contribution in [0.25, 0.3) is 0 Å². The van der Waals surface area contributed by atoms with E-state index in [-0.39, 0.29) is 18.7 Å². The van der Waals surface area contributed by atoms with Crippen molar-refractivity contribution in [1.29, 1.82) is 0 Å². The van der Waals surface area contributed by atoms with Gasteiger partial charge in [0, 0.05) is 13.5 Å². The monoisotopic (exact) mass is 251 g/mol. The number of nitrogens with zero attached hydrogens (tertiary/aromatic N) is 2. The molecule has 17 heavy (non-hydrogen) atoms. The summed E-state index contributed by atoms with van der Waals surface area (Å²) in [6, 6.07) is 0. The van der Waals surface area contributed by atoms with E-state index in [9.17, 15) is 25.0 Å². The zero-order valence-electron chi connectivity index (χ0n) is 9.16. The Morgan fingerprint density at radius 3 is 2.47 bits per heavy atom. The molecule has 0 bridgehead atoms. The Morgan fingerprint density at radius 2 is 2.00 bits per heavy atom. The van der Waals surface area contributed by atoms with Crippen LogP contribution < -0.4 is 5.32 Å². The molecule has 1 atom stereocenters. The SMILES string of the molecule is CNC(=O)CCCC(CO[N+](=O)[O-])O[N+](=O)[O-]. The van der Waals surface area contributed by atoms with Crippen molar-refractivity contribution in [2.75, 3.05) is 13.7 Å². The average molecular weight is 251 g/mol. The predicted molar refractivity (Wildman–Crippen MR) is 52.7 cm³/mol. The first-order valence-corrected chi connectivity index (χ1v) is 4.74. The number of carbonyl (C=O) groups is 1. The van der Waals surface area contributed by atoms with Crippen LogP contribution in [0.4, 0.5) is 0 Å². The van der Waals surface area contributed by atoms with Gasteiger partial charge in [-0.25, -0.2) is 0 Å². The molecule has 0 rings (SSSR count). The van der Waals surface area contributed by atoms with Gasteiger partial charge in [0.1, 0.15) is 12.7 Å². The lowest BCUT2D eigenvalue weighted by atomic mass is 10.1. The smallest absolute Gasteiger partial charge is 0.294 e. The maximum atomic E-state index is 10.9. The number of carbonyl (C=O) groups excluding carboxylic acids is 1. The van der Waals surface area contributed by atoms with Crippen molar-refractivity contribution in [3.8, 4) is 0 Å². The normalized spacial score (nSPS) is 11.4. The number of nitrogens with one attached hydrogen (secondary N) is 1. The van der Waals surface area contributed by atoms with Gasteiger partial charge in [-0.3, -0.25) is 4.79 Å². The lowest BCUT2D eigenvalue weighted by molar-refractivity contribution is -0.790. The fraction of sp³-hybridized carbons (Fsp3) is 0.857. The Morgan fingerprint density at radius 1 is 1.35 bits per heavy atom. The Kier molecular flexibility index (Phi) is 7.06. The summed E-state index contributed by atoms with van der Waals surface area (Å²) in [5.74, 6) is -0.222. The zero-order valence-corrected chi connectivity index (χ0v) is 9.16. The minimum absolute atomic E-state index is 0.113. The van der Waals surface area contributed by atoms with E-state index in [1.165, 1.54) is 7.05 Å². The van der Waals surface area contributed by atoms with Gasteiger partial charge < -0.3 is 15.0 Å². The van der Waals surface area contributed by atoms with Crippen molar-refractivity contribution in [1.82, 2.24) is 5.32 Å². The molecule has 0 aliphatic carbocycles. The summed E-state index contributed by atoms with van der Waals surface area (Å²) in [4.78, 5) is 39.0. The van der Waals surface area contributed by atoms with Crippen molar-refractivity contribution in [3.63, 3.8) is 0 Å². The number of rotatable bonds is 9. The highest BCUT2D eigenvalue weighted by Crippen LogP contribution is 2.06. The first kappa shape index (κ1) is 14.9. The van der Waals surface area contributed by atoms with Gasteiger partial charge in [-0.2, -0.15) is 0 Å². The summed E-state index contributed by atoms with van der Waals surface area (Å²) >= 11 is 0. The molecule has 0 aromatic carbocycles. The molecule has 10 heteroatoms. The topological polar surface area (TPSA) is 134 Å². The molecular formula is C7H13N3O7. The molecule has 0 fully saturated rings. The molecule has 0 aromatic heterocycles. The van der Waals surface area contributed by atoms with E-state index < -0.39 is 22.9 Å². The molecule has 1 unspecified atom stereocenters. The van der Waals surface area contributed by atoms with Gasteiger partial charge in [0.15, 0.2) is 0 Å². The Hall–Kier alpha value is -2.13. The van der Waals surface area contributed by atoms with Crippen LogP contribution in [0.5, 0.6) is 0 Å². The maximum Gasteiger partial charge on any atom is 0.294 e.